The first-order valence-corrected chi connectivity index (χ1v) is 8.61. The number of aliphatic hydroxyl groups is 2. The maximum Gasteiger partial charge on any atom is 0.255 e. The first-order chi connectivity index (χ1) is 12.5. The van der Waals surface area contributed by atoms with Gasteiger partial charge in [0.2, 0.25) is 0 Å². The number of nitrogens with one attached hydrogen (secondary N) is 1. The molecular formula is C20H24N2O4. The Labute approximate surface area is 152 Å². The second kappa shape index (κ2) is 9.70. The maximum atomic E-state index is 12.4. The van der Waals surface area contributed by atoms with Crippen molar-refractivity contribution in [1.29, 1.82) is 0 Å². The second-order valence-corrected chi connectivity index (χ2v) is 6.11. The van der Waals surface area contributed by atoms with E-state index in [4.69, 9.17) is 10.8 Å². The maximum absolute atomic E-state index is 12.4. The van der Waals surface area contributed by atoms with Gasteiger partial charge in [-0.25, -0.2) is 0 Å². The monoisotopic (exact) mass is 356 g/mol. The van der Waals surface area contributed by atoms with Gasteiger partial charge in [0.1, 0.15) is 6.10 Å². The van der Waals surface area contributed by atoms with Crippen molar-refractivity contribution >= 4 is 23.1 Å². The van der Waals surface area contributed by atoms with Crippen molar-refractivity contribution in [1.82, 2.24) is 0 Å². The highest BCUT2D eigenvalue weighted by Gasteiger charge is 2.18. The molecule has 0 heterocycles. The highest BCUT2D eigenvalue weighted by Crippen LogP contribution is 2.16. The minimum absolute atomic E-state index is 0.105. The second-order valence-electron chi connectivity index (χ2n) is 6.11. The lowest BCUT2D eigenvalue weighted by molar-refractivity contribution is 0.0724. The molecule has 2 aromatic rings. The van der Waals surface area contributed by atoms with E-state index in [0.29, 0.717) is 41.8 Å². The molecule has 0 aliphatic rings. The highest BCUT2D eigenvalue weighted by molar-refractivity contribution is 6.07. The van der Waals surface area contributed by atoms with E-state index in [2.05, 4.69) is 5.32 Å². The molecular weight excluding hydrogens is 332 g/mol. The molecule has 6 nitrogen and oxygen atoms in total. The van der Waals surface area contributed by atoms with Crippen LogP contribution in [0.5, 0.6) is 0 Å². The number of aliphatic hydroxyl groups excluding tert-OH is 2. The molecule has 6 heteroatoms. The molecule has 1 unspecified atom stereocenters. The van der Waals surface area contributed by atoms with Gasteiger partial charge in [-0.2, -0.15) is 0 Å². The summed E-state index contributed by atoms with van der Waals surface area (Å²) < 4.78 is 0. The number of benzene rings is 2. The smallest absolute Gasteiger partial charge is 0.255 e. The Hall–Kier alpha value is -2.70. The fourth-order valence-corrected chi connectivity index (χ4v) is 2.58. The highest BCUT2D eigenvalue weighted by atomic mass is 16.3. The Bertz CT molecular complexity index is 761. The van der Waals surface area contributed by atoms with Crippen molar-refractivity contribution in [2.45, 2.75) is 31.8 Å². The number of amides is 1. The first kappa shape index (κ1) is 19.6. The van der Waals surface area contributed by atoms with Crippen molar-refractivity contribution < 1.29 is 19.8 Å². The van der Waals surface area contributed by atoms with Crippen molar-refractivity contribution in [3.8, 4) is 0 Å². The van der Waals surface area contributed by atoms with Gasteiger partial charge in [0.25, 0.3) is 5.91 Å². The van der Waals surface area contributed by atoms with Crippen LogP contribution in [0.3, 0.4) is 0 Å². The largest absolute Gasteiger partial charge is 0.399 e. The summed E-state index contributed by atoms with van der Waals surface area (Å²) >= 11 is 0. The number of hydrogen-bond donors (Lipinski definition) is 4. The number of anilines is 2. The predicted molar refractivity (Wildman–Crippen MR) is 101 cm³/mol. The minimum atomic E-state index is -1.11. The lowest BCUT2D eigenvalue weighted by Crippen LogP contribution is -2.21. The van der Waals surface area contributed by atoms with Crippen molar-refractivity contribution in [3.05, 3.63) is 59.7 Å². The number of nitrogens with two attached hydrogens (primary N) is 1. The van der Waals surface area contributed by atoms with Crippen LogP contribution in [0.4, 0.5) is 11.4 Å². The molecule has 2 aromatic carbocycles. The summed E-state index contributed by atoms with van der Waals surface area (Å²) in [6, 6.07) is 13.1. The van der Waals surface area contributed by atoms with Crippen LogP contribution in [0.1, 0.15) is 46.4 Å². The Morgan fingerprint density at radius 1 is 1.00 bits per heavy atom. The predicted octanol–water partition coefficient (Wildman–Crippen LogP) is 2.62. The lowest BCUT2D eigenvalue weighted by atomic mass is 9.99. The summed E-state index contributed by atoms with van der Waals surface area (Å²) in [5, 5.41) is 21.5. The summed E-state index contributed by atoms with van der Waals surface area (Å²) in [6.45, 7) is 0.105. The number of Topliss-reactive ketones (excluding diaryl/α,β-unsaturated/α-hetero) is 1. The van der Waals surface area contributed by atoms with E-state index in [0.717, 1.165) is 6.42 Å². The van der Waals surface area contributed by atoms with E-state index in [-0.39, 0.29) is 12.5 Å². The number of carbonyl (C=O) groups is 2. The van der Waals surface area contributed by atoms with E-state index in [1.807, 2.05) is 0 Å². The average molecular weight is 356 g/mol. The molecule has 26 heavy (non-hydrogen) atoms. The van der Waals surface area contributed by atoms with Crippen molar-refractivity contribution in [2.24, 2.45) is 0 Å². The van der Waals surface area contributed by atoms with E-state index in [1.165, 1.54) is 6.07 Å². The summed E-state index contributed by atoms with van der Waals surface area (Å²) in [6.07, 6.45) is 1.28. The van der Waals surface area contributed by atoms with Crippen molar-refractivity contribution in [3.63, 3.8) is 0 Å². The van der Waals surface area contributed by atoms with E-state index in [9.17, 15) is 14.7 Å². The molecule has 0 aromatic heterocycles. The van der Waals surface area contributed by atoms with Crippen LogP contribution in [0.2, 0.25) is 0 Å². The number of hydrogen-bond acceptors (Lipinski definition) is 5. The summed E-state index contributed by atoms with van der Waals surface area (Å²) in [4.78, 5) is 24.7. The third-order valence-electron chi connectivity index (χ3n) is 3.99. The standard InChI is InChI=1S/C20H24N2O4/c21-16-8-5-9-17(13-16)22-20(26)15-7-4-6-14(12-15)19(25)18(24)10-2-1-3-11-23/h4-9,12-13,18,23-24H,1-3,10-11,21H2,(H,22,26). The SMILES string of the molecule is Nc1cccc(NC(=O)c2cccc(C(=O)C(O)CCCCCO)c2)c1. The van der Waals surface area contributed by atoms with Gasteiger partial charge in [0, 0.05) is 29.1 Å². The molecule has 0 saturated heterocycles. The minimum Gasteiger partial charge on any atom is -0.399 e. The number of ketones is 1. The van der Waals surface area contributed by atoms with Gasteiger partial charge in [-0.15, -0.1) is 0 Å². The normalized spacial score (nSPS) is 11.8. The van der Waals surface area contributed by atoms with Crippen molar-refractivity contribution in [2.75, 3.05) is 17.7 Å². The molecule has 0 aliphatic carbocycles. The van der Waals surface area contributed by atoms with E-state index < -0.39 is 11.9 Å². The van der Waals surface area contributed by atoms with Gasteiger partial charge in [0.05, 0.1) is 0 Å². The Kier molecular flexibility index (Phi) is 7.32. The van der Waals surface area contributed by atoms with Gasteiger partial charge >= 0.3 is 0 Å². The average Bonchev–Trinajstić information content (AvgIpc) is 2.64. The summed E-state index contributed by atoms with van der Waals surface area (Å²) in [7, 11) is 0. The molecule has 0 fully saturated rings. The third kappa shape index (κ3) is 5.68. The molecule has 0 bridgehead atoms. The number of unbranched alkanes of at least 4 members (excludes halogenated alkanes) is 2. The molecule has 0 radical (unpaired) electrons. The van der Waals surface area contributed by atoms with Gasteiger partial charge < -0.3 is 21.3 Å². The lowest BCUT2D eigenvalue weighted by Gasteiger charge is -2.11. The molecule has 5 N–H and O–H groups in total. The molecule has 0 aliphatic heterocycles. The Morgan fingerprint density at radius 2 is 1.73 bits per heavy atom. The van der Waals surface area contributed by atoms with Gasteiger partial charge in [-0.1, -0.05) is 31.0 Å². The first-order valence-electron chi connectivity index (χ1n) is 8.61. The zero-order chi connectivity index (χ0) is 18.9. The number of nitrogen functional groups attached to an aromatic ring is 1. The van der Waals surface area contributed by atoms with Crippen LogP contribution < -0.4 is 11.1 Å². The van der Waals surface area contributed by atoms with Gasteiger partial charge in [-0.05, 0) is 43.2 Å². The number of rotatable bonds is 9. The van der Waals surface area contributed by atoms with Crippen LogP contribution in [0.15, 0.2) is 48.5 Å². The van der Waals surface area contributed by atoms with Gasteiger partial charge in [-0.3, -0.25) is 9.59 Å². The van der Waals surface area contributed by atoms with Gasteiger partial charge in [0.15, 0.2) is 5.78 Å². The fraction of sp³-hybridized carbons (Fsp3) is 0.300. The molecule has 1 amide bonds. The topological polar surface area (TPSA) is 113 Å². The molecule has 0 saturated carbocycles. The van der Waals surface area contributed by atoms with Crippen LogP contribution in [-0.4, -0.2) is 34.6 Å². The molecule has 2 rings (SSSR count). The summed E-state index contributed by atoms with van der Waals surface area (Å²) in [5.41, 5.74) is 7.41. The summed E-state index contributed by atoms with van der Waals surface area (Å²) in [5.74, 6) is -0.768. The Balaban J connectivity index is 2.02. The zero-order valence-electron chi connectivity index (χ0n) is 14.5. The molecule has 138 valence electrons. The fourth-order valence-electron chi connectivity index (χ4n) is 2.58. The van der Waals surface area contributed by atoms with Crippen LogP contribution >= 0.6 is 0 Å². The van der Waals surface area contributed by atoms with E-state index >= 15 is 0 Å². The quantitative estimate of drug-likeness (QED) is 0.313. The van der Waals surface area contributed by atoms with Crippen LogP contribution in [-0.2, 0) is 0 Å². The third-order valence-corrected chi connectivity index (χ3v) is 3.99. The molecule has 1 atom stereocenters. The van der Waals surface area contributed by atoms with E-state index in [1.54, 1.807) is 42.5 Å². The number of carbonyl (C=O) groups excluding carboxylic acids is 2. The molecule has 0 spiro atoms. The van der Waals surface area contributed by atoms with Crippen LogP contribution in [0.25, 0.3) is 0 Å². The zero-order valence-corrected chi connectivity index (χ0v) is 14.5. The van der Waals surface area contributed by atoms with Crippen LogP contribution in [0, 0.1) is 0 Å². The Morgan fingerprint density at radius 3 is 2.46 bits per heavy atom.